The summed E-state index contributed by atoms with van der Waals surface area (Å²) in [5, 5.41) is 0. The van der Waals surface area contributed by atoms with E-state index in [9.17, 15) is 4.79 Å². The average Bonchev–Trinajstić information content (AvgIpc) is 2.85. The Balaban J connectivity index is 2.05. The fourth-order valence-corrected chi connectivity index (χ4v) is 2.42. The first-order chi connectivity index (χ1) is 8.56. The van der Waals surface area contributed by atoms with E-state index in [-0.39, 0.29) is 31.4 Å². The number of ether oxygens (including phenoxy) is 3. The van der Waals surface area contributed by atoms with Crippen LogP contribution < -0.4 is 0 Å². The number of rotatable bonds is 4. The molecule has 0 aliphatic carbocycles. The molecule has 2 rings (SSSR count). The van der Waals surface area contributed by atoms with Crippen LogP contribution in [0.15, 0.2) is 0 Å². The second-order valence-corrected chi connectivity index (χ2v) is 4.56. The van der Waals surface area contributed by atoms with Crippen molar-refractivity contribution in [2.45, 2.75) is 57.8 Å². The molecule has 2 heterocycles. The first-order valence-corrected chi connectivity index (χ1v) is 6.23. The highest BCUT2D eigenvalue weighted by atomic mass is 16.8. The molecule has 0 bridgehead atoms. The van der Waals surface area contributed by atoms with Crippen molar-refractivity contribution in [2.75, 3.05) is 7.11 Å². The first kappa shape index (κ1) is 13.8. The maximum atomic E-state index is 11.0. The first-order valence-electron chi connectivity index (χ1n) is 6.23. The number of esters is 1. The van der Waals surface area contributed by atoms with Gasteiger partial charge in [-0.15, -0.1) is 0 Å². The van der Waals surface area contributed by atoms with E-state index in [2.05, 4.69) is 0 Å². The van der Waals surface area contributed by atoms with E-state index in [1.54, 1.807) is 14.0 Å². The highest BCUT2D eigenvalue weighted by molar-refractivity contribution is 6.45. The smallest absolute Gasteiger partial charge is 0.457 e. The van der Waals surface area contributed by atoms with Crippen LogP contribution in [0.3, 0.4) is 0 Å². The van der Waals surface area contributed by atoms with E-state index in [1.165, 1.54) is 6.92 Å². The van der Waals surface area contributed by atoms with Gasteiger partial charge in [-0.05, 0) is 13.2 Å². The molecule has 6 nitrogen and oxygen atoms in total. The van der Waals surface area contributed by atoms with Crippen LogP contribution >= 0.6 is 0 Å². The Kier molecular flexibility index (Phi) is 4.27. The molecule has 5 atom stereocenters. The van der Waals surface area contributed by atoms with Gasteiger partial charge >= 0.3 is 13.1 Å². The van der Waals surface area contributed by atoms with Gasteiger partial charge in [0.2, 0.25) is 0 Å². The van der Waals surface area contributed by atoms with Crippen molar-refractivity contribution in [1.29, 1.82) is 0 Å². The lowest BCUT2D eigenvalue weighted by Crippen LogP contribution is -2.38. The zero-order valence-corrected chi connectivity index (χ0v) is 11.1. The normalized spacial score (nSPS) is 36.6. The monoisotopic (exact) mass is 258 g/mol. The Morgan fingerprint density at radius 3 is 2.61 bits per heavy atom. The highest BCUT2D eigenvalue weighted by Crippen LogP contribution is 2.35. The number of hydrogen-bond donors (Lipinski definition) is 0. The van der Waals surface area contributed by atoms with Crippen molar-refractivity contribution < 1.29 is 28.3 Å². The molecular weight excluding hydrogens is 239 g/mol. The summed E-state index contributed by atoms with van der Waals surface area (Å²) in [5.74, 6) is -0.338. The summed E-state index contributed by atoms with van der Waals surface area (Å²) in [6, 6.07) is 0. The standard InChI is InChI=1S/C11H19BO6/c1-5-12-17-9-8(6(2)15-7(3)13)16-11(14-4)10(9)18-12/h6,8-11H,5H2,1-4H3. The second-order valence-electron chi connectivity index (χ2n) is 4.56. The van der Waals surface area contributed by atoms with Crippen molar-refractivity contribution in [3.63, 3.8) is 0 Å². The van der Waals surface area contributed by atoms with Gasteiger partial charge in [-0.3, -0.25) is 4.79 Å². The Bertz CT molecular complexity index is 312. The quantitative estimate of drug-likeness (QED) is 0.543. The predicted octanol–water partition coefficient (Wildman–Crippen LogP) is 0.601. The predicted molar refractivity (Wildman–Crippen MR) is 62.9 cm³/mol. The highest BCUT2D eigenvalue weighted by Gasteiger charge is 2.55. The van der Waals surface area contributed by atoms with Crippen molar-refractivity contribution in [2.24, 2.45) is 0 Å². The van der Waals surface area contributed by atoms with Crippen molar-refractivity contribution in [3.8, 4) is 0 Å². The summed E-state index contributed by atoms with van der Waals surface area (Å²) < 4.78 is 27.5. The van der Waals surface area contributed by atoms with E-state index in [1.807, 2.05) is 6.92 Å². The molecule has 2 aliphatic heterocycles. The van der Waals surface area contributed by atoms with Crippen molar-refractivity contribution >= 4 is 13.1 Å². The van der Waals surface area contributed by atoms with E-state index < -0.39 is 12.4 Å². The van der Waals surface area contributed by atoms with Gasteiger partial charge in [0.1, 0.15) is 24.4 Å². The van der Waals surface area contributed by atoms with Crippen LogP contribution in [0.2, 0.25) is 6.32 Å². The topological polar surface area (TPSA) is 63.2 Å². The molecule has 0 spiro atoms. The molecule has 0 aromatic carbocycles. The Hall–Kier alpha value is -0.625. The molecule has 0 saturated carbocycles. The molecule has 7 heteroatoms. The second kappa shape index (κ2) is 5.56. The summed E-state index contributed by atoms with van der Waals surface area (Å²) in [4.78, 5) is 11.0. The average molecular weight is 258 g/mol. The van der Waals surface area contributed by atoms with E-state index in [4.69, 9.17) is 23.5 Å². The fraction of sp³-hybridized carbons (Fsp3) is 0.909. The van der Waals surface area contributed by atoms with Gasteiger partial charge in [-0.25, -0.2) is 0 Å². The number of carbonyl (C=O) groups is 1. The molecule has 2 aliphatic rings. The maximum absolute atomic E-state index is 11.0. The Morgan fingerprint density at radius 1 is 1.39 bits per heavy atom. The van der Waals surface area contributed by atoms with E-state index in [0.29, 0.717) is 0 Å². The Morgan fingerprint density at radius 2 is 2.06 bits per heavy atom. The molecule has 2 saturated heterocycles. The van der Waals surface area contributed by atoms with Gasteiger partial charge < -0.3 is 23.5 Å². The van der Waals surface area contributed by atoms with E-state index in [0.717, 1.165) is 6.32 Å². The summed E-state index contributed by atoms with van der Waals surface area (Å²) in [6.45, 7) is 5.14. The molecule has 5 unspecified atom stereocenters. The molecular formula is C11H19BO6. The molecule has 0 aromatic rings. The van der Waals surface area contributed by atoms with Crippen LogP contribution in [0.5, 0.6) is 0 Å². The zero-order chi connectivity index (χ0) is 13.3. The zero-order valence-electron chi connectivity index (χ0n) is 11.1. The third-order valence-electron chi connectivity index (χ3n) is 3.21. The van der Waals surface area contributed by atoms with Crippen LogP contribution in [0.4, 0.5) is 0 Å². The van der Waals surface area contributed by atoms with Crippen LogP contribution in [-0.2, 0) is 28.3 Å². The van der Waals surface area contributed by atoms with Gasteiger partial charge in [0.05, 0.1) is 0 Å². The van der Waals surface area contributed by atoms with Crippen LogP contribution in [0.25, 0.3) is 0 Å². The van der Waals surface area contributed by atoms with Gasteiger partial charge in [0, 0.05) is 14.0 Å². The molecule has 0 N–H and O–H groups in total. The molecule has 0 aromatic heterocycles. The molecule has 0 radical (unpaired) electrons. The Labute approximate surface area is 107 Å². The lowest BCUT2D eigenvalue weighted by atomic mass is 9.87. The minimum Gasteiger partial charge on any atom is -0.460 e. The third-order valence-corrected chi connectivity index (χ3v) is 3.21. The van der Waals surface area contributed by atoms with Crippen molar-refractivity contribution in [1.82, 2.24) is 0 Å². The van der Waals surface area contributed by atoms with Crippen LogP contribution in [0.1, 0.15) is 20.8 Å². The summed E-state index contributed by atoms with van der Waals surface area (Å²) >= 11 is 0. The summed E-state index contributed by atoms with van der Waals surface area (Å²) in [5.41, 5.74) is 0. The van der Waals surface area contributed by atoms with Crippen LogP contribution in [0, 0.1) is 0 Å². The number of hydrogen-bond acceptors (Lipinski definition) is 6. The molecule has 2 fully saturated rings. The largest absolute Gasteiger partial charge is 0.460 e. The number of carbonyl (C=O) groups excluding carboxylic acids is 1. The van der Waals surface area contributed by atoms with Crippen LogP contribution in [-0.4, -0.2) is 50.9 Å². The number of fused-ring (bicyclic) bond motifs is 1. The SMILES string of the molecule is CCB1OC2C(OC)OC(C(C)OC(C)=O)C2O1. The minimum absolute atomic E-state index is 0.242. The molecule has 18 heavy (non-hydrogen) atoms. The van der Waals surface area contributed by atoms with Gasteiger partial charge in [0.15, 0.2) is 6.29 Å². The number of methoxy groups -OCH3 is 1. The van der Waals surface area contributed by atoms with Gasteiger partial charge in [0.25, 0.3) is 0 Å². The van der Waals surface area contributed by atoms with Gasteiger partial charge in [-0.1, -0.05) is 6.92 Å². The minimum atomic E-state index is -0.477. The van der Waals surface area contributed by atoms with Gasteiger partial charge in [-0.2, -0.15) is 0 Å². The van der Waals surface area contributed by atoms with E-state index >= 15 is 0 Å². The molecule has 0 amide bonds. The molecule has 102 valence electrons. The fourth-order valence-electron chi connectivity index (χ4n) is 2.42. The third kappa shape index (κ3) is 2.54. The summed E-state index contributed by atoms with van der Waals surface area (Å²) in [7, 11) is 1.32. The summed E-state index contributed by atoms with van der Waals surface area (Å²) in [6.07, 6.45) is -0.987. The van der Waals surface area contributed by atoms with Crippen molar-refractivity contribution in [3.05, 3.63) is 0 Å². The maximum Gasteiger partial charge on any atom is 0.457 e. The lowest BCUT2D eigenvalue weighted by molar-refractivity contribution is -0.177. The lowest BCUT2D eigenvalue weighted by Gasteiger charge is -2.23.